The van der Waals surface area contributed by atoms with Crippen molar-refractivity contribution in [2.75, 3.05) is 6.61 Å². The summed E-state index contributed by atoms with van der Waals surface area (Å²) in [7, 11) is 0. The first-order valence-electron chi connectivity index (χ1n) is 9.92. The predicted molar refractivity (Wildman–Crippen MR) is 114 cm³/mol. The lowest BCUT2D eigenvalue weighted by molar-refractivity contribution is -0.122. The lowest BCUT2D eigenvalue weighted by Gasteiger charge is -2.11. The molecule has 7 nitrogen and oxygen atoms in total. The summed E-state index contributed by atoms with van der Waals surface area (Å²) >= 11 is 0. The number of nitrogens with zero attached hydrogens (tertiary/aromatic N) is 1. The number of hydrazine groups is 1. The standard InChI is InChI=1S/C23H24N4O3/c28-23(27-24-16-20-7-4-13-29-20)22-15-21(25-26-22)18-8-10-19(11-9-18)30-14-12-17-5-2-1-3-6-17/h1-11,13,16,21-22,25-26H,12,14-15H2,(H,27,28)/b24-16+. The van der Waals surface area contributed by atoms with Gasteiger partial charge in [-0.3, -0.25) is 4.79 Å². The lowest BCUT2D eigenvalue weighted by atomic mass is 10.0. The number of ether oxygens (including phenoxy) is 1. The highest BCUT2D eigenvalue weighted by Gasteiger charge is 2.30. The molecule has 1 saturated heterocycles. The topological polar surface area (TPSA) is 87.9 Å². The second-order valence-corrected chi connectivity index (χ2v) is 7.03. The van der Waals surface area contributed by atoms with Crippen molar-refractivity contribution >= 4 is 12.1 Å². The number of hydrazone groups is 1. The molecular weight excluding hydrogens is 380 g/mol. The van der Waals surface area contributed by atoms with Gasteiger partial charge in [-0.15, -0.1) is 0 Å². The average Bonchev–Trinajstić information content (AvgIpc) is 3.47. The zero-order chi connectivity index (χ0) is 20.6. The van der Waals surface area contributed by atoms with Crippen molar-refractivity contribution in [1.29, 1.82) is 0 Å². The van der Waals surface area contributed by atoms with E-state index in [9.17, 15) is 4.79 Å². The van der Waals surface area contributed by atoms with Crippen LogP contribution in [0.2, 0.25) is 0 Å². The Labute approximate surface area is 175 Å². The number of hydrogen-bond donors (Lipinski definition) is 3. The van der Waals surface area contributed by atoms with Crippen LogP contribution in [0.5, 0.6) is 5.75 Å². The van der Waals surface area contributed by atoms with E-state index in [1.54, 1.807) is 18.4 Å². The zero-order valence-corrected chi connectivity index (χ0v) is 16.5. The summed E-state index contributed by atoms with van der Waals surface area (Å²) in [6, 6.07) is 21.4. The quantitative estimate of drug-likeness (QED) is 0.397. The van der Waals surface area contributed by atoms with Crippen molar-refractivity contribution in [3.8, 4) is 5.75 Å². The van der Waals surface area contributed by atoms with E-state index in [0.29, 0.717) is 18.8 Å². The van der Waals surface area contributed by atoms with E-state index in [0.717, 1.165) is 17.7 Å². The molecule has 0 spiro atoms. The number of amides is 1. The van der Waals surface area contributed by atoms with Crippen LogP contribution in [0.25, 0.3) is 0 Å². The van der Waals surface area contributed by atoms with Crippen LogP contribution in [0, 0.1) is 0 Å². The number of carbonyl (C=O) groups is 1. The third-order valence-electron chi connectivity index (χ3n) is 4.91. The van der Waals surface area contributed by atoms with Gasteiger partial charge in [0, 0.05) is 12.5 Å². The van der Waals surface area contributed by atoms with Crippen LogP contribution < -0.4 is 21.0 Å². The van der Waals surface area contributed by atoms with Gasteiger partial charge in [0.15, 0.2) is 0 Å². The third kappa shape index (κ3) is 5.34. The maximum Gasteiger partial charge on any atom is 0.258 e. The van der Waals surface area contributed by atoms with E-state index in [-0.39, 0.29) is 18.0 Å². The second-order valence-electron chi connectivity index (χ2n) is 7.03. The molecule has 0 aliphatic carbocycles. The molecule has 1 aliphatic heterocycles. The summed E-state index contributed by atoms with van der Waals surface area (Å²) in [6.07, 6.45) is 4.51. The first kappa shape index (κ1) is 19.9. The molecule has 4 rings (SSSR count). The van der Waals surface area contributed by atoms with Gasteiger partial charge in [-0.25, -0.2) is 16.3 Å². The number of benzene rings is 2. The van der Waals surface area contributed by atoms with E-state index in [4.69, 9.17) is 9.15 Å². The summed E-state index contributed by atoms with van der Waals surface area (Å²) in [4.78, 5) is 12.3. The van der Waals surface area contributed by atoms with Crippen molar-refractivity contribution in [2.45, 2.75) is 24.9 Å². The molecule has 30 heavy (non-hydrogen) atoms. The average molecular weight is 404 g/mol. The summed E-state index contributed by atoms with van der Waals surface area (Å²) < 4.78 is 11.0. The monoisotopic (exact) mass is 404 g/mol. The minimum absolute atomic E-state index is 0.0353. The number of furan rings is 1. The molecule has 2 heterocycles. The normalized spacial score (nSPS) is 18.5. The number of carbonyl (C=O) groups excluding carboxylic acids is 1. The smallest absolute Gasteiger partial charge is 0.258 e. The Morgan fingerprint density at radius 1 is 1.10 bits per heavy atom. The second kappa shape index (κ2) is 9.87. The van der Waals surface area contributed by atoms with Crippen molar-refractivity contribution in [3.63, 3.8) is 0 Å². The van der Waals surface area contributed by atoms with E-state index in [1.807, 2.05) is 42.5 Å². The predicted octanol–water partition coefficient (Wildman–Crippen LogP) is 2.96. The summed E-state index contributed by atoms with van der Waals surface area (Å²) in [5, 5.41) is 3.92. The van der Waals surface area contributed by atoms with Crippen LogP contribution in [0.1, 0.15) is 29.3 Å². The van der Waals surface area contributed by atoms with Crippen LogP contribution in [-0.4, -0.2) is 24.8 Å². The van der Waals surface area contributed by atoms with Crippen LogP contribution in [-0.2, 0) is 11.2 Å². The minimum atomic E-state index is -0.370. The Balaban J connectivity index is 1.23. The van der Waals surface area contributed by atoms with Gasteiger partial charge in [-0.05, 0) is 41.8 Å². The van der Waals surface area contributed by atoms with Crippen molar-refractivity contribution in [1.82, 2.24) is 16.3 Å². The summed E-state index contributed by atoms with van der Waals surface area (Å²) in [6.45, 7) is 0.632. The summed E-state index contributed by atoms with van der Waals surface area (Å²) in [5.41, 5.74) is 11.1. The maximum atomic E-state index is 12.3. The van der Waals surface area contributed by atoms with E-state index >= 15 is 0 Å². The molecule has 2 atom stereocenters. The highest BCUT2D eigenvalue weighted by Crippen LogP contribution is 2.24. The highest BCUT2D eigenvalue weighted by atomic mass is 16.5. The molecule has 154 valence electrons. The van der Waals surface area contributed by atoms with Crippen molar-refractivity contribution < 1.29 is 13.9 Å². The highest BCUT2D eigenvalue weighted by molar-refractivity contribution is 5.84. The molecule has 0 radical (unpaired) electrons. The molecule has 2 unspecified atom stereocenters. The fraction of sp³-hybridized carbons (Fsp3) is 0.217. The van der Waals surface area contributed by atoms with Gasteiger partial charge in [-0.1, -0.05) is 42.5 Å². The molecule has 1 amide bonds. The molecule has 1 aliphatic rings. The van der Waals surface area contributed by atoms with Crippen LogP contribution in [0.15, 0.2) is 82.5 Å². The number of hydrogen-bond acceptors (Lipinski definition) is 6. The molecule has 0 bridgehead atoms. The van der Waals surface area contributed by atoms with Crippen LogP contribution in [0.4, 0.5) is 0 Å². The van der Waals surface area contributed by atoms with Gasteiger partial charge in [0.25, 0.3) is 5.91 Å². The minimum Gasteiger partial charge on any atom is -0.493 e. The maximum absolute atomic E-state index is 12.3. The Morgan fingerprint density at radius 3 is 2.70 bits per heavy atom. The third-order valence-corrected chi connectivity index (χ3v) is 4.91. The van der Waals surface area contributed by atoms with E-state index in [2.05, 4.69) is 33.5 Å². The first-order chi connectivity index (χ1) is 14.8. The fourth-order valence-electron chi connectivity index (χ4n) is 3.28. The van der Waals surface area contributed by atoms with Crippen LogP contribution >= 0.6 is 0 Å². The van der Waals surface area contributed by atoms with Gasteiger partial charge >= 0.3 is 0 Å². The lowest BCUT2D eigenvalue weighted by Crippen LogP contribution is -2.41. The number of nitrogens with one attached hydrogen (secondary N) is 3. The molecule has 1 fully saturated rings. The SMILES string of the molecule is O=C(N/N=C/c1ccco1)C1CC(c2ccc(OCCc3ccccc3)cc2)NN1. The largest absolute Gasteiger partial charge is 0.493 e. The molecule has 1 aromatic heterocycles. The van der Waals surface area contributed by atoms with Gasteiger partial charge < -0.3 is 9.15 Å². The van der Waals surface area contributed by atoms with E-state index in [1.165, 1.54) is 11.8 Å². The molecule has 7 heteroatoms. The van der Waals surface area contributed by atoms with Crippen molar-refractivity contribution in [2.24, 2.45) is 5.10 Å². The fourth-order valence-corrected chi connectivity index (χ4v) is 3.28. The number of rotatable bonds is 8. The Bertz CT molecular complexity index is 956. The molecule has 3 aromatic rings. The molecule has 3 N–H and O–H groups in total. The Hall–Kier alpha value is -3.42. The molecule has 2 aromatic carbocycles. The van der Waals surface area contributed by atoms with Gasteiger partial charge in [0.2, 0.25) is 0 Å². The van der Waals surface area contributed by atoms with Gasteiger partial charge in [-0.2, -0.15) is 5.10 Å². The van der Waals surface area contributed by atoms with Gasteiger partial charge in [0.1, 0.15) is 17.6 Å². The van der Waals surface area contributed by atoms with Gasteiger partial charge in [0.05, 0.1) is 19.1 Å². The Morgan fingerprint density at radius 2 is 1.93 bits per heavy atom. The van der Waals surface area contributed by atoms with Crippen molar-refractivity contribution in [3.05, 3.63) is 89.9 Å². The zero-order valence-electron chi connectivity index (χ0n) is 16.5. The molecule has 0 saturated carbocycles. The first-order valence-corrected chi connectivity index (χ1v) is 9.92. The summed E-state index contributed by atoms with van der Waals surface area (Å²) in [5.74, 6) is 1.22. The van der Waals surface area contributed by atoms with E-state index < -0.39 is 0 Å². The Kier molecular flexibility index (Phi) is 6.54. The molecular formula is C23H24N4O3. The van der Waals surface area contributed by atoms with Crippen LogP contribution in [0.3, 0.4) is 0 Å².